The van der Waals surface area contributed by atoms with E-state index >= 15 is 0 Å². The summed E-state index contributed by atoms with van der Waals surface area (Å²) in [6.07, 6.45) is 1.31. The molecule has 0 saturated carbocycles. The molecule has 2 N–H and O–H groups in total. The Morgan fingerprint density at radius 2 is 1.97 bits per heavy atom. The van der Waals surface area contributed by atoms with E-state index < -0.39 is 17.7 Å². The van der Waals surface area contributed by atoms with Crippen LogP contribution in [0.15, 0.2) is 42.5 Å². The zero-order valence-electron chi connectivity index (χ0n) is 16.6. The first-order chi connectivity index (χ1) is 14.6. The highest BCUT2D eigenvalue weighted by Gasteiger charge is 2.21. The molecule has 30 heavy (non-hydrogen) atoms. The summed E-state index contributed by atoms with van der Waals surface area (Å²) in [5.74, 6) is -1.66. The van der Waals surface area contributed by atoms with Crippen LogP contribution in [0, 0.1) is 11.6 Å². The molecule has 1 atom stereocenters. The summed E-state index contributed by atoms with van der Waals surface area (Å²) in [5.41, 5.74) is 1.05. The third-order valence-corrected chi connectivity index (χ3v) is 6.31. The van der Waals surface area contributed by atoms with Crippen LogP contribution in [0.2, 0.25) is 0 Å². The van der Waals surface area contributed by atoms with Crippen LogP contribution in [-0.2, 0) is 6.54 Å². The molecule has 4 rings (SSSR count). The molecule has 0 amide bonds. The Morgan fingerprint density at radius 1 is 1.17 bits per heavy atom. The van der Waals surface area contributed by atoms with Crippen molar-refractivity contribution in [1.82, 2.24) is 15.2 Å². The Bertz CT molecular complexity index is 943. The summed E-state index contributed by atoms with van der Waals surface area (Å²) in [5, 5.41) is 14.9. The minimum Gasteiger partial charge on any atom is -0.491 e. The SMILES string of the molecule is O[C@H](COc1ccc(F)c(F)c1)CN1CCC(NCc2nc3ccccc3s2)CC1. The molecule has 5 nitrogen and oxygen atoms in total. The van der Waals surface area contributed by atoms with Crippen molar-refractivity contribution >= 4 is 21.6 Å². The summed E-state index contributed by atoms with van der Waals surface area (Å²) in [7, 11) is 0. The van der Waals surface area contributed by atoms with Gasteiger partial charge < -0.3 is 20.1 Å². The number of hydrogen-bond donors (Lipinski definition) is 2. The summed E-state index contributed by atoms with van der Waals surface area (Å²) in [6, 6.07) is 12.0. The predicted octanol–water partition coefficient (Wildman–Crippen LogP) is 3.57. The number of nitrogens with one attached hydrogen (secondary N) is 1. The van der Waals surface area contributed by atoms with E-state index in [0.29, 0.717) is 12.6 Å². The number of likely N-dealkylation sites (tertiary alicyclic amines) is 1. The van der Waals surface area contributed by atoms with E-state index in [9.17, 15) is 13.9 Å². The lowest BCUT2D eigenvalue weighted by atomic mass is 10.0. The number of piperidine rings is 1. The summed E-state index contributed by atoms with van der Waals surface area (Å²) in [4.78, 5) is 6.86. The Hall–Kier alpha value is -2.13. The van der Waals surface area contributed by atoms with Crippen molar-refractivity contribution in [2.24, 2.45) is 0 Å². The number of aliphatic hydroxyl groups excluding tert-OH is 1. The van der Waals surface area contributed by atoms with Gasteiger partial charge in [-0.05, 0) is 50.2 Å². The van der Waals surface area contributed by atoms with E-state index in [1.54, 1.807) is 11.3 Å². The molecule has 0 aliphatic carbocycles. The highest BCUT2D eigenvalue weighted by molar-refractivity contribution is 7.18. The molecule has 0 radical (unpaired) electrons. The Labute approximate surface area is 178 Å². The first kappa shape index (κ1) is 21.1. The van der Waals surface area contributed by atoms with Gasteiger partial charge in [0.15, 0.2) is 11.6 Å². The maximum Gasteiger partial charge on any atom is 0.162 e. The van der Waals surface area contributed by atoms with Gasteiger partial charge in [0.25, 0.3) is 0 Å². The van der Waals surface area contributed by atoms with E-state index in [1.807, 2.05) is 18.2 Å². The molecule has 2 aromatic carbocycles. The van der Waals surface area contributed by atoms with Gasteiger partial charge in [0.05, 0.1) is 10.2 Å². The van der Waals surface area contributed by atoms with Gasteiger partial charge in [-0.1, -0.05) is 12.1 Å². The number of fused-ring (bicyclic) bond motifs is 1. The molecule has 1 aromatic heterocycles. The molecule has 1 aliphatic heterocycles. The molecule has 1 saturated heterocycles. The minimum atomic E-state index is -0.956. The molecule has 0 bridgehead atoms. The smallest absolute Gasteiger partial charge is 0.162 e. The Kier molecular flexibility index (Phi) is 6.89. The summed E-state index contributed by atoms with van der Waals surface area (Å²) in [6.45, 7) is 3.09. The second kappa shape index (κ2) is 9.78. The van der Waals surface area contributed by atoms with Gasteiger partial charge in [0, 0.05) is 25.2 Å². The molecule has 0 spiro atoms. The summed E-state index contributed by atoms with van der Waals surface area (Å²) < 4.78 is 32.7. The number of para-hydroxylation sites is 1. The van der Waals surface area contributed by atoms with Gasteiger partial charge in [-0.3, -0.25) is 0 Å². The van der Waals surface area contributed by atoms with Crippen LogP contribution in [0.25, 0.3) is 10.2 Å². The molecular formula is C22H25F2N3O2S. The van der Waals surface area contributed by atoms with Gasteiger partial charge in [-0.2, -0.15) is 0 Å². The van der Waals surface area contributed by atoms with Gasteiger partial charge >= 0.3 is 0 Å². The van der Waals surface area contributed by atoms with Crippen LogP contribution in [0.3, 0.4) is 0 Å². The number of ether oxygens (including phenoxy) is 1. The largest absolute Gasteiger partial charge is 0.491 e. The minimum absolute atomic E-state index is 0.0425. The molecule has 1 fully saturated rings. The van der Waals surface area contributed by atoms with Crippen LogP contribution < -0.4 is 10.1 Å². The summed E-state index contributed by atoms with van der Waals surface area (Å²) >= 11 is 1.72. The quantitative estimate of drug-likeness (QED) is 0.569. The number of β-amino-alcohol motifs (C(OH)–C–C–N with tert-alkyl or cyclic N) is 1. The molecule has 0 unspecified atom stereocenters. The van der Waals surface area contributed by atoms with Crippen molar-refractivity contribution in [3.63, 3.8) is 0 Å². The van der Waals surface area contributed by atoms with Crippen molar-refractivity contribution < 1.29 is 18.6 Å². The van der Waals surface area contributed by atoms with Crippen molar-refractivity contribution in [2.75, 3.05) is 26.2 Å². The molecule has 3 aromatic rings. The average molecular weight is 434 g/mol. The first-order valence-electron chi connectivity index (χ1n) is 10.1. The van der Waals surface area contributed by atoms with Crippen LogP contribution in [0.5, 0.6) is 5.75 Å². The number of halogens is 2. The fraction of sp³-hybridized carbons (Fsp3) is 0.409. The first-order valence-corrected chi connectivity index (χ1v) is 10.9. The molecule has 8 heteroatoms. The van der Waals surface area contributed by atoms with E-state index in [-0.39, 0.29) is 12.4 Å². The number of aliphatic hydroxyl groups is 1. The van der Waals surface area contributed by atoms with Gasteiger partial charge in [0.2, 0.25) is 0 Å². The third-order valence-electron chi connectivity index (χ3n) is 5.27. The normalized spacial score (nSPS) is 16.8. The lowest BCUT2D eigenvalue weighted by Crippen LogP contribution is -2.45. The fourth-order valence-electron chi connectivity index (χ4n) is 3.66. The van der Waals surface area contributed by atoms with Crippen LogP contribution in [0.4, 0.5) is 8.78 Å². The van der Waals surface area contributed by atoms with E-state index in [2.05, 4.69) is 21.3 Å². The van der Waals surface area contributed by atoms with Crippen molar-refractivity contribution in [2.45, 2.75) is 31.5 Å². The van der Waals surface area contributed by atoms with Crippen LogP contribution in [-0.4, -0.2) is 53.4 Å². The second-order valence-corrected chi connectivity index (χ2v) is 8.69. The maximum atomic E-state index is 13.2. The van der Waals surface area contributed by atoms with Crippen molar-refractivity contribution in [3.8, 4) is 5.75 Å². The van der Waals surface area contributed by atoms with Gasteiger partial charge in [0.1, 0.15) is 23.5 Å². The number of thiazole rings is 1. The number of nitrogens with zero attached hydrogens (tertiary/aromatic N) is 2. The van der Waals surface area contributed by atoms with Crippen LogP contribution >= 0.6 is 11.3 Å². The zero-order valence-corrected chi connectivity index (χ0v) is 17.4. The Balaban J connectivity index is 1.16. The molecular weight excluding hydrogens is 408 g/mol. The molecule has 160 valence electrons. The molecule has 1 aliphatic rings. The monoisotopic (exact) mass is 433 g/mol. The molecule has 2 heterocycles. The lowest BCUT2D eigenvalue weighted by molar-refractivity contribution is 0.0577. The van der Waals surface area contributed by atoms with E-state index in [1.165, 1.54) is 10.8 Å². The van der Waals surface area contributed by atoms with Crippen LogP contribution in [0.1, 0.15) is 17.8 Å². The number of aromatic nitrogens is 1. The average Bonchev–Trinajstić information content (AvgIpc) is 3.17. The van der Waals surface area contributed by atoms with Crippen molar-refractivity contribution in [1.29, 1.82) is 0 Å². The Morgan fingerprint density at radius 3 is 2.73 bits per heavy atom. The number of benzene rings is 2. The van der Waals surface area contributed by atoms with E-state index in [0.717, 1.165) is 55.1 Å². The zero-order chi connectivity index (χ0) is 20.9. The topological polar surface area (TPSA) is 57.6 Å². The lowest BCUT2D eigenvalue weighted by Gasteiger charge is -2.33. The maximum absolute atomic E-state index is 13.2. The fourth-order valence-corrected chi connectivity index (χ4v) is 4.57. The van der Waals surface area contributed by atoms with Gasteiger partial charge in [-0.25, -0.2) is 13.8 Å². The number of hydrogen-bond acceptors (Lipinski definition) is 6. The van der Waals surface area contributed by atoms with E-state index in [4.69, 9.17) is 4.74 Å². The highest BCUT2D eigenvalue weighted by atomic mass is 32.1. The third kappa shape index (κ3) is 5.51. The highest BCUT2D eigenvalue weighted by Crippen LogP contribution is 2.22. The van der Waals surface area contributed by atoms with Crippen molar-refractivity contribution in [3.05, 3.63) is 59.1 Å². The second-order valence-electron chi connectivity index (χ2n) is 7.57. The van der Waals surface area contributed by atoms with Gasteiger partial charge in [-0.15, -0.1) is 11.3 Å². The standard InChI is InChI=1S/C22H25F2N3O2S/c23-18-6-5-17(11-19(18)24)29-14-16(28)13-27-9-7-15(8-10-27)25-12-22-26-20-3-1-2-4-21(20)30-22/h1-6,11,15-16,25,28H,7-10,12-14H2/t16-/m0/s1. The number of rotatable bonds is 8. The predicted molar refractivity (Wildman–Crippen MR) is 114 cm³/mol.